The number of imidazole rings is 1. The van der Waals surface area contributed by atoms with Crippen LogP contribution in [-0.4, -0.2) is 15.3 Å². The van der Waals surface area contributed by atoms with Gasteiger partial charge in [0.15, 0.2) is 0 Å². The molecule has 0 saturated carbocycles. The number of amides is 1. The van der Waals surface area contributed by atoms with Crippen LogP contribution in [-0.2, 0) is 12.8 Å². The van der Waals surface area contributed by atoms with Gasteiger partial charge in [-0.15, -0.1) is 0 Å². The van der Waals surface area contributed by atoms with Gasteiger partial charge in [0, 0.05) is 17.6 Å². The number of hydrogen-bond acceptors (Lipinski definition) is 2. The molecular weight excluding hydrogens is 286 g/mol. The fraction of sp³-hybridized carbons (Fsp3) is 0.263. The lowest BCUT2D eigenvalue weighted by Gasteiger charge is -2.07. The molecule has 1 N–H and O–H groups in total. The molecule has 3 aromatic rings. The molecule has 0 saturated heterocycles. The number of hydrogen-bond donors (Lipinski definition) is 1. The number of fused-ring (bicyclic) bond motifs is 1. The molecule has 2 aromatic heterocycles. The van der Waals surface area contributed by atoms with Gasteiger partial charge in [-0.3, -0.25) is 4.79 Å². The summed E-state index contributed by atoms with van der Waals surface area (Å²) < 4.78 is 1.98. The molecule has 23 heavy (non-hydrogen) atoms. The van der Waals surface area contributed by atoms with Gasteiger partial charge >= 0.3 is 0 Å². The minimum Gasteiger partial charge on any atom is -0.322 e. The van der Waals surface area contributed by atoms with Gasteiger partial charge in [0.2, 0.25) is 0 Å². The molecule has 1 aromatic carbocycles. The third kappa shape index (κ3) is 2.97. The van der Waals surface area contributed by atoms with Crippen LogP contribution in [0.2, 0.25) is 0 Å². The largest absolute Gasteiger partial charge is 0.322 e. The Kier molecular flexibility index (Phi) is 4.15. The maximum absolute atomic E-state index is 12.5. The van der Waals surface area contributed by atoms with Crippen molar-refractivity contribution in [2.75, 3.05) is 5.32 Å². The fourth-order valence-corrected chi connectivity index (χ4v) is 2.71. The average Bonchev–Trinajstić information content (AvgIpc) is 2.91. The molecule has 0 fully saturated rings. The van der Waals surface area contributed by atoms with E-state index in [4.69, 9.17) is 0 Å². The number of pyridine rings is 1. The zero-order valence-electron chi connectivity index (χ0n) is 13.8. The molecule has 3 rings (SSSR count). The number of benzene rings is 1. The summed E-state index contributed by atoms with van der Waals surface area (Å²) in [7, 11) is 0. The van der Waals surface area contributed by atoms with Gasteiger partial charge in [-0.05, 0) is 49.6 Å². The van der Waals surface area contributed by atoms with Gasteiger partial charge in [0.05, 0.1) is 11.3 Å². The molecule has 4 heteroatoms. The second-order valence-corrected chi connectivity index (χ2v) is 5.65. The third-order valence-electron chi connectivity index (χ3n) is 4.17. The van der Waals surface area contributed by atoms with E-state index in [1.54, 1.807) is 0 Å². The van der Waals surface area contributed by atoms with Gasteiger partial charge in [-0.1, -0.05) is 26.0 Å². The Morgan fingerprint density at radius 1 is 1.09 bits per heavy atom. The Labute approximate surface area is 136 Å². The number of rotatable bonds is 4. The molecule has 0 aliphatic rings. The van der Waals surface area contributed by atoms with E-state index in [1.165, 1.54) is 5.56 Å². The van der Waals surface area contributed by atoms with Crippen LogP contribution < -0.4 is 5.32 Å². The van der Waals surface area contributed by atoms with Crippen LogP contribution in [0.3, 0.4) is 0 Å². The lowest BCUT2D eigenvalue weighted by atomic mass is 10.1. The van der Waals surface area contributed by atoms with Gasteiger partial charge in [0.25, 0.3) is 5.91 Å². The summed E-state index contributed by atoms with van der Waals surface area (Å²) in [5.74, 6) is -0.109. The van der Waals surface area contributed by atoms with Crippen molar-refractivity contribution in [3.8, 4) is 0 Å². The van der Waals surface area contributed by atoms with Gasteiger partial charge in [0.1, 0.15) is 5.65 Å². The highest BCUT2D eigenvalue weighted by Crippen LogP contribution is 2.16. The number of nitrogens with zero attached hydrogens (tertiary/aromatic N) is 2. The number of aryl methyl sites for hydroxylation is 3. The number of carbonyl (C=O) groups is 1. The van der Waals surface area contributed by atoms with Crippen molar-refractivity contribution < 1.29 is 4.79 Å². The summed E-state index contributed by atoms with van der Waals surface area (Å²) in [4.78, 5) is 17.0. The summed E-state index contributed by atoms with van der Waals surface area (Å²) in [5.41, 5.74) is 5.72. The van der Waals surface area contributed by atoms with Gasteiger partial charge < -0.3 is 9.72 Å². The van der Waals surface area contributed by atoms with Crippen LogP contribution in [0, 0.1) is 6.92 Å². The van der Waals surface area contributed by atoms with Gasteiger partial charge in [-0.25, -0.2) is 4.98 Å². The monoisotopic (exact) mass is 307 g/mol. The topological polar surface area (TPSA) is 46.4 Å². The van der Waals surface area contributed by atoms with E-state index in [0.717, 1.165) is 35.6 Å². The van der Waals surface area contributed by atoms with Crippen molar-refractivity contribution in [1.82, 2.24) is 9.38 Å². The van der Waals surface area contributed by atoms with E-state index >= 15 is 0 Å². The van der Waals surface area contributed by atoms with Crippen molar-refractivity contribution >= 4 is 17.2 Å². The molecule has 1 amide bonds. The lowest BCUT2D eigenvalue weighted by Crippen LogP contribution is -2.12. The highest BCUT2D eigenvalue weighted by atomic mass is 16.1. The Bertz CT molecular complexity index is 847. The van der Waals surface area contributed by atoms with Crippen LogP contribution in [0.4, 0.5) is 5.69 Å². The SMILES string of the molecule is CCc1ccc(NC(=O)c2ccc3nc(CC)c(C)n3c2)cc1. The first kappa shape index (κ1) is 15.3. The molecule has 0 aliphatic heterocycles. The van der Waals surface area contributed by atoms with Gasteiger partial charge in [-0.2, -0.15) is 0 Å². The second kappa shape index (κ2) is 6.24. The quantitative estimate of drug-likeness (QED) is 0.791. The zero-order valence-corrected chi connectivity index (χ0v) is 13.8. The molecule has 0 unspecified atom stereocenters. The maximum Gasteiger partial charge on any atom is 0.257 e. The standard InChI is InChI=1S/C19H21N3O/c1-4-14-6-9-16(10-7-14)20-19(23)15-8-11-18-21-17(5-2)13(3)22(18)12-15/h6-12H,4-5H2,1-3H3,(H,20,23). The molecule has 0 atom stereocenters. The normalized spacial score (nSPS) is 10.9. The van der Waals surface area contributed by atoms with Crippen LogP contribution >= 0.6 is 0 Å². The van der Waals surface area contributed by atoms with Crippen molar-refractivity contribution in [3.05, 3.63) is 65.1 Å². The highest BCUT2D eigenvalue weighted by Gasteiger charge is 2.11. The van der Waals surface area contributed by atoms with E-state index in [1.807, 2.05) is 53.9 Å². The summed E-state index contributed by atoms with van der Waals surface area (Å²) in [6.45, 7) is 6.23. The predicted molar refractivity (Wildman–Crippen MR) is 93.1 cm³/mol. The first-order valence-electron chi connectivity index (χ1n) is 8.00. The smallest absolute Gasteiger partial charge is 0.257 e. The Hall–Kier alpha value is -2.62. The Morgan fingerprint density at radius 2 is 1.83 bits per heavy atom. The molecule has 4 nitrogen and oxygen atoms in total. The summed E-state index contributed by atoms with van der Waals surface area (Å²) in [5, 5.41) is 2.94. The molecule has 0 aliphatic carbocycles. The van der Waals surface area contributed by atoms with E-state index < -0.39 is 0 Å². The van der Waals surface area contributed by atoms with E-state index in [9.17, 15) is 4.79 Å². The molecule has 0 radical (unpaired) electrons. The number of nitrogens with one attached hydrogen (secondary N) is 1. The number of anilines is 1. The van der Waals surface area contributed by atoms with E-state index in [0.29, 0.717) is 5.56 Å². The minimum atomic E-state index is -0.109. The van der Waals surface area contributed by atoms with Crippen LogP contribution in [0.15, 0.2) is 42.6 Å². The number of aromatic nitrogens is 2. The Morgan fingerprint density at radius 3 is 2.48 bits per heavy atom. The van der Waals surface area contributed by atoms with Crippen molar-refractivity contribution in [1.29, 1.82) is 0 Å². The number of carbonyl (C=O) groups excluding carboxylic acids is 1. The summed E-state index contributed by atoms with van der Waals surface area (Å²) in [6.07, 6.45) is 3.73. The predicted octanol–water partition coefficient (Wildman–Crippen LogP) is 4.02. The molecular formula is C19H21N3O. The summed E-state index contributed by atoms with van der Waals surface area (Å²) in [6, 6.07) is 11.6. The molecule has 0 spiro atoms. The van der Waals surface area contributed by atoms with E-state index in [-0.39, 0.29) is 5.91 Å². The van der Waals surface area contributed by atoms with Crippen LogP contribution in [0.5, 0.6) is 0 Å². The highest BCUT2D eigenvalue weighted by molar-refractivity contribution is 6.04. The van der Waals surface area contributed by atoms with Crippen molar-refractivity contribution in [3.63, 3.8) is 0 Å². The van der Waals surface area contributed by atoms with Crippen LogP contribution in [0.25, 0.3) is 5.65 Å². The Balaban J connectivity index is 1.86. The fourth-order valence-electron chi connectivity index (χ4n) is 2.71. The minimum absolute atomic E-state index is 0.109. The molecule has 118 valence electrons. The molecule has 0 bridgehead atoms. The van der Waals surface area contributed by atoms with E-state index in [2.05, 4.69) is 24.1 Å². The summed E-state index contributed by atoms with van der Waals surface area (Å²) >= 11 is 0. The first-order valence-corrected chi connectivity index (χ1v) is 8.00. The zero-order chi connectivity index (χ0) is 16.4. The van der Waals surface area contributed by atoms with Crippen LogP contribution in [0.1, 0.15) is 41.2 Å². The third-order valence-corrected chi connectivity index (χ3v) is 4.17. The van der Waals surface area contributed by atoms with Crippen molar-refractivity contribution in [2.45, 2.75) is 33.6 Å². The van der Waals surface area contributed by atoms with Crippen molar-refractivity contribution in [2.24, 2.45) is 0 Å². The maximum atomic E-state index is 12.5. The first-order chi connectivity index (χ1) is 11.1. The lowest BCUT2D eigenvalue weighted by molar-refractivity contribution is 0.102. The average molecular weight is 307 g/mol. The molecule has 2 heterocycles. The second-order valence-electron chi connectivity index (χ2n) is 5.65.